The van der Waals surface area contributed by atoms with Crippen molar-refractivity contribution in [2.45, 2.75) is 18.9 Å². The van der Waals surface area contributed by atoms with Gasteiger partial charge in [-0.1, -0.05) is 12.1 Å². The normalized spacial score (nSPS) is 15.1. The van der Waals surface area contributed by atoms with Gasteiger partial charge in [0.15, 0.2) is 11.6 Å². The van der Waals surface area contributed by atoms with Gasteiger partial charge in [-0.3, -0.25) is 4.79 Å². The highest BCUT2D eigenvalue weighted by Gasteiger charge is 2.33. The van der Waals surface area contributed by atoms with E-state index in [1.54, 1.807) is 7.11 Å². The molecule has 0 aromatic heterocycles. The van der Waals surface area contributed by atoms with Gasteiger partial charge in [0.1, 0.15) is 5.75 Å². The summed E-state index contributed by atoms with van der Waals surface area (Å²) < 4.78 is 31.4. The quantitative estimate of drug-likeness (QED) is 0.909. The lowest BCUT2D eigenvalue weighted by atomic mass is 10.0. The predicted molar refractivity (Wildman–Crippen MR) is 82.3 cm³/mol. The Balaban J connectivity index is 1.78. The highest BCUT2D eigenvalue weighted by Crippen LogP contribution is 2.41. The van der Waals surface area contributed by atoms with Gasteiger partial charge in [0.25, 0.3) is 5.91 Å². The largest absolute Gasteiger partial charge is 0.497 e. The molecule has 3 rings (SSSR count). The Morgan fingerprint density at radius 1 is 1.13 bits per heavy atom. The number of carbonyl (C=O) groups excluding carboxylic acids is 1. The topological polar surface area (TPSA) is 38.3 Å². The standard InChI is InChI=1S/C18H17F2NO2/c1-23-14-7-4-12(5-8-14)17(11-2-3-11)21-18(22)13-6-9-15(19)16(20)10-13/h4-11,17H,2-3H2,1H3,(H,21,22). The number of halogens is 2. The lowest BCUT2D eigenvalue weighted by Gasteiger charge is -2.19. The van der Waals surface area contributed by atoms with Crippen LogP contribution in [0.5, 0.6) is 5.75 Å². The summed E-state index contributed by atoms with van der Waals surface area (Å²) in [4.78, 5) is 12.3. The minimum Gasteiger partial charge on any atom is -0.497 e. The van der Waals surface area contributed by atoms with Crippen LogP contribution in [0.15, 0.2) is 42.5 Å². The monoisotopic (exact) mass is 317 g/mol. The van der Waals surface area contributed by atoms with Crippen molar-refractivity contribution in [2.75, 3.05) is 7.11 Å². The zero-order valence-corrected chi connectivity index (χ0v) is 12.7. The molecule has 1 fully saturated rings. The van der Waals surface area contributed by atoms with Crippen LogP contribution in [-0.4, -0.2) is 13.0 Å². The van der Waals surface area contributed by atoms with Gasteiger partial charge in [0.2, 0.25) is 0 Å². The zero-order chi connectivity index (χ0) is 16.4. The number of rotatable bonds is 5. The molecule has 1 saturated carbocycles. The average molecular weight is 317 g/mol. The SMILES string of the molecule is COc1ccc(C(NC(=O)c2ccc(F)c(F)c2)C2CC2)cc1. The van der Waals surface area contributed by atoms with Crippen LogP contribution in [0.3, 0.4) is 0 Å². The molecule has 1 N–H and O–H groups in total. The Morgan fingerprint density at radius 2 is 1.83 bits per heavy atom. The minimum absolute atomic E-state index is 0.114. The van der Waals surface area contributed by atoms with Crippen LogP contribution < -0.4 is 10.1 Å². The van der Waals surface area contributed by atoms with Crippen molar-refractivity contribution in [1.29, 1.82) is 0 Å². The van der Waals surface area contributed by atoms with Gasteiger partial charge >= 0.3 is 0 Å². The lowest BCUT2D eigenvalue weighted by Crippen LogP contribution is -2.30. The molecule has 5 heteroatoms. The molecule has 0 heterocycles. The number of hydrogen-bond acceptors (Lipinski definition) is 2. The zero-order valence-electron chi connectivity index (χ0n) is 12.7. The molecule has 1 atom stereocenters. The second kappa shape index (κ2) is 6.36. The van der Waals surface area contributed by atoms with Crippen LogP contribution in [0.2, 0.25) is 0 Å². The van der Waals surface area contributed by atoms with E-state index in [0.717, 1.165) is 36.3 Å². The Morgan fingerprint density at radius 3 is 2.39 bits per heavy atom. The molecule has 1 aliphatic rings. The number of carbonyl (C=O) groups is 1. The molecule has 0 radical (unpaired) electrons. The highest BCUT2D eigenvalue weighted by atomic mass is 19.2. The second-order valence-electron chi connectivity index (χ2n) is 5.69. The molecule has 1 amide bonds. The fourth-order valence-electron chi connectivity index (χ4n) is 2.58. The maximum absolute atomic E-state index is 13.3. The first kappa shape index (κ1) is 15.5. The fraction of sp³-hybridized carbons (Fsp3) is 0.278. The number of nitrogens with one attached hydrogen (secondary N) is 1. The summed E-state index contributed by atoms with van der Waals surface area (Å²) in [7, 11) is 1.60. The molecule has 2 aromatic rings. The average Bonchev–Trinajstić information content (AvgIpc) is 3.40. The molecule has 3 nitrogen and oxygen atoms in total. The van der Waals surface area contributed by atoms with E-state index in [-0.39, 0.29) is 11.6 Å². The molecule has 1 aliphatic carbocycles. The molecule has 23 heavy (non-hydrogen) atoms. The van der Waals surface area contributed by atoms with Crippen molar-refractivity contribution in [1.82, 2.24) is 5.32 Å². The lowest BCUT2D eigenvalue weighted by molar-refractivity contribution is 0.0931. The van der Waals surface area contributed by atoms with E-state index in [4.69, 9.17) is 4.74 Å². The molecule has 0 aliphatic heterocycles. The van der Waals surface area contributed by atoms with Gasteiger partial charge in [-0.05, 0) is 54.7 Å². The molecule has 1 unspecified atom stereocenters. The summed E-state index contributed by atoms with van der Waals surface area (Å²) in [5, 5.41) is 2.93. The Kier molecular flexibility index (Phi) is 4.28. The van der Waals surface area contributed by atoms with Crippen LogP contribution in [0.1, 0.15) is 34.8 Å². The fourth-order valence-corrected chi connectivity index (χ4v) is 2.58. The molecular weight excluding hydrogens is 300 g/mol. The van der Waals surface area contributed by atoms with Crippen LogP contribution in [0.4, 0.5) is 8.78 Å². The first-order valence-corrected chi connectivity index (χ1v) is 7.48. The predicted octanol–water partition coefficient (Wildman–Crippen LogP) is 3.85. The molecular formula is C18H17F2NO2. The van der Waals surface area contributed by atoms with Gasteiger partial charge in [-0.25, -0.2) is 8.78 Å². The van der Waals surface area contributed by atoms with Crippen molar-refractivity contribution < 1.29 is 18.3 Å². The molecule has 120 valence electrons. The Labute approximate surface area is 133 Å². The summed E-state index contributed by atoms with van der Waals surface area (Å²) in [6, 6.07) is 10.5. The molecule has 0 spiro atoms. The van der Waals surface area contributed by atoms with Crippen LogP contribution >= 0.6 is 0 Å². The Bertz CT molecular complexity index is 711. The van der Waals surface area contributed by atoms with Crippen LogP contribution in [0, 0.1) is 17.6 Å². The van der Waals surface area contributed by atoms with Crippen molar-refractivity contribution in [3.05, 3.63) is 65.2 Å². The third kappa shape index (κ3) is 3.50. The van der Waals surface area contributed by atoms with Crippen molar-refractivity contribution in [3.8, 4) is 5.75 Å². The number of amides is 1. The van der Waals surface area contributed by atoms with E-state index in [0.29, 0.717) is 5.92 Å². The minimum atomic E-state index is -1.02. The Hall–Kier alpha value is -2.43. The van der Waals surface area contributed by atoms with E-state index in [1.165, 1.54) is 6.07 Å². The summed E-state index contributed by atoms with van der Waals surface area (Å²) >= 11 is 0. The summed E-state index contributed by atoms with van der Waals surface area (Å²) in [5.74, 6) is -1.27. The van der Waals surface area contributed by atoms with Crippen LogP contribution in [-0.2, 0) is 0 Å². The summed E-state index contributed by atoms with van der Waals surface area (Å²) in [5.41, 5.74) is 1.09. The van der Waals surface area contributed by atoms with E-state index in [1.807, 2.05) is 24.3 Å². The van der Waals surface area contributed by atoms with Gasteiger partial charge in [0.05, 0.1) is 13.2 Å². The van der Waals surface area contributed by atoms with E-state index >= 15 is 0 Å². The van der Waals surface area contributed by atoms with E-state index in [2.05, 4.69) is 5.32 Å². The third-order valence-corrected chi connectivity index (χ3v) is 4.04. The van der Waals surface area contributed by atoms with Crippen molar-refractivity contribution in [3.63, 3.8) is 0 Å². The number of ether oxygens (including phenoxy) is 1. The second-order valence-corrected chi connectivity index (χ2v) is 5.69. The highest BCUT2D eigenvalue weighted by molar-refractivity contribution is 5.94. The third-order valence-electron chi connectivity index (χ3n) is 4.04. The summed E-state index contributed by atoms with van der Waals surface area (Å²) in [6.45, 7) is 0. The number of hydrogen-bond donors (Lipinski definition) is 1. The first-order valence-electron chi connectivity index (χ1n) is 7.48. The maximum atomic E-state index is 13.3. The first-order chi connectivity index (χ1) is 11.1. The number of methoxy groups -OCH3 is 1. The van der Waals surface area contributed by atoms with Gasteiger partial charge in [-0.15, -0.1) is 0 Å². The van der Waals surface area contributed by atoms with E-state index < -0.39 is 17.5 Å². The molecule has 2 aromatic carbocycles. The molecule has 0 bridgehead atoms. The van der Waals surface area contributed by atoms with Crippen molar-refractivity contribution >= 4 is 5.91 Å². The van der Waals surface area contributed by atoms with Gasteiger partial charge in [-0.2, -0.15) is 0 Å². The summed E-state index contributed by atoms with van der Waals surface area (Å²) in [6.07, 6.45) is 2.07. The van der Waals surface area contributed by atoms with E-state index in [9.17, 15) is 13.6 Å². The van der Waals surface area contributed by atoms with Crippen LogP contribution in [0.25, 0.3) is 0 Å². The number of benzene rings is 2. The maximum Gasteiger partial charge on any atom is 0.251 e. The smallest absolute Gasteiger partial charge is 0.251 e. The van der Waals surface area contributed by atoms with Crippen molar-refractivity contribution in [2.24, 2.45) is 5.92 Å². The van der Waals surface area contributed by atoms with Gasteiger partial charge in [0, 0.05) is 5.56 Å². The van der Waals surface area contributed by atoms with Gasteiger partial charge < -0.3 is 10.1 Å². The molecule has 0 saturated heterocycles.